The summed E-state index contributed by atoms with van der Waals surface area (Å²) in [6, 6.07) is 10.7. The summed E-state index contributed by atoms with van der Waals surface area (Å²) < 4.78 is 1.82. The molecule has 0 bridgehead atoms. The van der Waals surface area contributed by atoms with Gasteiger partial charge in [-0.3, -0.25) is 4.90 Å². The second kappa shape index (κ2) is 7.27. The van der Waals surface area contributed by atoms with Gasteiger partial charge in [0.15, 0.2) is 0 Å². The lowest BCUT2D eigenvalue weighted by molar-refractivity contribution is 0.179. The van der Waals surface area contributed by atoms with E-state index in [1.807, 2.05) is 41.2 Å². The average Bonchev–Trinajstić information content (AvgIpc) is 3.31. The number of hydrogen-bond acceptors (Lipinski definition) is 3. The Bertz CT molecular complexity index is 697. The Kier molecular flexibility index (Phi) is 4.70. The molecule has 2 aliphatic heterocycles. The minimum absolute atomic E-state index is 0.0615. The van der Waals surface area contributed by atoms with Gasteiger partial charge >= 0.3 is 6.03 Å². The number of hydrogen-bond donors (Lipinski definition) is 2. The monoisotopic (exact) mass is 339 g/mol. The molecule has 3 heterocycles. The lowest BCUT2D eigenvalue weighted by Crippen LogP contribution is -2.49. The molecule has 2 amide bonds. The molecule has 0 spiro atoms. The van der Waals surface area contributed by atoms with Crippen molar-refractivity contribution in [2.45, 2.75) is 44.3 Å². The number of nitrogens with zero attached hydrogens (tertiary/aromatic N) is 3. The molecule has 2 aromatic rings. The third-order valence-electron chi connectivity index (χ3n) is 5.33. The molecular weight excluding hydrogens is 314 g/mol. The molecule has 0 aliphatic carbocycles. The van der Waals surface area contributed by atoms with Gasteiger partial charge < -0.3 is 10.6 Å². The fourth-order valence-electron chi connectivity index (χ4n) is 4.01. The van der Waals surface area contributed by atoms with Gasteiger partial charge in [-0.05, 0) is 49.6 Å². The van der Waals surface area contributed by atoms with Gasteiger partial charge in [-0.15, -0.1) is 0 Å². The van der Waals surface area contributed by atoms with Crippen LogP contribution in [-0.2, 0) is 6.54 Å². The number of aromatic nitrogens is 2. The van der Waals surface area contributed by atoms with Crippen LogP contribution in [0, 0.1) is 0 Å². The van der Waals surface area contributed by atoms with Gasteiger partial charge in [-0.2, -0.15) is 5.10 Å². The highest BCUT2D eigenvalue weighted by Crippen LogP contribution is 2.27. The van der Waals surface area contributed by atoms with Crippen LogP contribution in [0.5, 0.6) is 0 Å². The van der Waals surface area contributed by atoms with E-state index in [1.165, 1.54) is 25.8 Å². The second-order valence-corrected chi connectivity index (χ2v) is 6.94. The van der Waals surface area contributed by atoms with E-state index >= 15 is 0 Å². The molecule has 4 rings (SSSR count). The van der Waals surface area contributed by atoms with Gasteiger partial charge in [-0.1, -0.05) is 18.6 Å². The zero-order valence-electron chi connectivity index (χ0n) is 14.4. The number of carbonyl (C=O) groups is 1. The largest absolute Gasteiger partial charge is 0.334 e. The first-order valence-corrected chi connectivity index (χ1v) is 9.17. The first-order valence-electron chi connectivity index (χ1n) is 9.17. The Labute approximate surface area is 148 Å². The van der Waals surface area contributed by atoms with Crippen LogP contribution < -0.4 is 10.6 Å². The van der Waals surface area contributed by atoms with Crippen LogP contribution in [-0.4, -0.2) is 45.9 Å². The van der Waals surface area contributed by atoms with Gasteiger partial charge in [0.2, 0.25) is 0 Å². The molecule has 2 N–H and O–H groups in total. The highest BCUT2D eigenvalue weighted by molar-refractivity contribution is 5.74. The Morgan fingerprint density at radius 3 is 2.84 bits per heavy atom. The maximum atomic E-state index is 12.2. The third kappa shape index (κ3) is 3.69. The summed E-state index contributed by atoms with van der Waals surface area (Å²) >= 11 is 0. The summed E-state index contributed by atoms with van der Waals surface area (Å²) in [6.07, 6.45) is 8.52. The van der Waals surface area contributed by atoms with Crippen LogP contribution in [0.25, 0.3) is 5.69 Å². The zero-order chi connectivity index (χ0) is 17.1. The molecular formula is C19H25N5O. The molecule has 0 unspecified atom stereocenters. The van der Waals surface area contributed by atoms with Crippen molar-refractivity contribution < 1.29 is 4.79 Å². The summed E-state index contributed by atoms with van der Waals surface area (Å²) in [5, 5.41) is 10.4. The number of fused-ring (bicyclic) bond motifs is 1. The first kappa shape index (κ1) is 16.1. The number of carbonyl (C=O) groups excluding carboxylic acids is 1. The highest BCUT2D eigenvalue weighted by Gasteiger charge is 2.36. The lowest BCUT2D eigenvalue weighted by Gasteiger charge is -2.32. The molecule has 1 aromatic carbocycles. The standard InChI is InChI=1S/C19H25N5O/c25-19(22-17-9-13-23-11-2-1-4-18(17)23)20-14-15-5-7-16(8-6-15)24-12-3-10-21-24/h3,5-8,10,12,17-18H,1-2,4,9,11,13-14H2,(H2,20,22,25)/t17-,18-/m0/s1. The van der Waals surface area contributed by atoms with Crippen molar-refractivity contribution in [2.75, 3.05) is 13.1 Å². The van der Waals surface area contributed by atoms with E-state index in [0.717, 1.165) is 24.2 Å². The van der Waals surface area contributed by atoms with Crippen molar-refractivity contribution in [1.82, 2.24) is 25.3 Å². The smallest absolute Gasteiger partial charge is 0.315 e. The molecule has 2 aliphatic rings. The van der Waals surface area contributed by atoms with Crippen molar-refractivity contribution in [3.05, 3.63) is 48.3 Å². The number of benzene rings is 1. The highest BCUT2D eigenvalue weighted by atomic mass is 16.2. The minimum atomic E-state index is -0.0615. The number of rotatable bonds is 4. The lowest BCUT2D eigenvalue weighted by atomic mass is 9.99. The van der Waals surface area contributed by atoms with E-state index < -0.39 is 0 Å². The van der Waals surface area contributed by atoms with E-state index in [2.05, 4.69) is 20.6 Å². The summed E-state index contributed by atoms with van der Waals surface area (Å²) in [5.74, 6) is 0. The third-order valence-corrected chi connectivity index (χ3v) is 5.33. The number of piperidine rings is 1. The van der Waals surface area contributed by atoms with E-state index in [9.17, 15) is 4.79 Å². The Hall–Kier alpha value is -2.34. The van der Waals surface area contributed by atoms with Crippen LogP contribution in [0.3, 0.4) is 0 Å². The van der Waals surface area contributed by atoms with Crippen LogP contribution in [0.15, 0.2) is 42.7 Å². The van der Waals surface area contributed by atoms with Crippen molar-refractivity contribution in [1.29, 1.82) is 0 Å². The summed E-state index contributed by atoms with van der Waals surface area (Å²) in [4.78, 5) is 14.8. The summed E-state index contributed by atoms with van der Waals surface area (Å²) in [6.45, 7) is 2.84. The van der Waals surface area contributed by atoms with Gasteiger partial charge in [0.1, 0.15) is 0 Å². The molecule has 2 fully saturated rings. The second-order valence-electron chi connectivity index (χ2n) is 6.94. The molecule has 0 saturated carbocycles. The van der Waals surface area contributed by atoms with Crippen molar-refractivity contribution in [3.63, 3.8) is 0 Å². The molecule has 132 valence electrons. The fraction of sp³-hybridized carbons (Fsp3) is 0.474. The van der Waals surface area contributed by atoms with Crippen LogP contribution >= 0.6 is 0 Å². The van der Waals surface area contributed by atoms with Crippen LogP contribution in [0.4, 0.5) is 4.79 Å². The molecule has 1 aromatic heterocycles. The Balaban J connectivity index is 1.27. The van der Waals surface area contributed by atoms with Crippen LogP contribution in [0.1, 0.15) is 31.2 Å². The normalized spacial score (nSPS) is 23.2. The molecule has 25 heavy (non-hydrogen) atoms. The summed E-state index contributed by atoms with van der Waals surface area (Å²) in [7, 11) is 0. The maximum Gasteiger partial charge on any atom is 0.315 e. The number of nitrogens with one attached hydrogen (secondary N) is 2. The SMILES string of the molecule is O=C(NCc1ccc(-n2cccn2)cc1)N[C@H]1CCN2CCCC[C@@H]12. The predicted octanol–water partition coefficient (Wildman–Crippen LogP) is 2.30. The van der Waals surface area contributed by atoms with Crippen molar-refractivity contribution in [2.24, 2.45) is 0 Å². The Morgan fingerprint density at radius 2 is 2.04 bits per heavy atom. The van der Waals surface area contributed by atoms with Crippen molar-refractivity contribution >= 4 is 6.03 Å². The molecule has 6 heteroatoms. The van der Waals surface area contributed by atoms with Crippen molar-refractivity contribution in [3.8, 4) is 5.69 Å². The van der Waals surface area contributed by atoms with E-state index in [1.54, 1.807) is 6.20 Å². The molecule has 2 saturated heterocycles. The topological polar surface area (TPSA) is 62.2 Å². The van der Waals surface area contributed by atoms with E-state index in [0.29, 0.717) is 18.6 Å². The van der Waals surface area contributed by atoms with Crippen LogP contribution in [0.2, 0.25) is 0 Å². The van der Waals surface area contributed by atoms with Gasteiger partial charge in [0, 0.05) is 37.6 Å². The van der Waals surface area contributed by atoms with E-state index in [-0.39, 0.29) is 6.03 Å². The quantitative estimate of drug-likeness (QED) is 0.898. The van der Waals surface area contributed by atoms with E-state index in [4.69, 9.17) is 0 Å². The Morgan fingerprint density at radius 1 is 1.16 bits per heavy atom. The maximum absolute atomic E-state index is 12.2. The first-order chi connectivity index (χ1) is 12.3. The number of urea groups is 1. The van der Waals surface area contributed by atoms with Gasteiger partial charge in [-0.25, -0.2) is 9.48 Å². The summed E-state index contributed by atoms with van der Waals surface area (Å²) in [5.41, 5.74) is 2.10. The zero-order valence-corrected chi connectivity index (χ0v) is 14.4. The molecule has 2 atom stereocenters. The van der Waals surface area contributed by atoms with Gasteiger partial charge in [0.25, 0.3) is 0 Å². The molecule has 6 nitrogen and oxygen atoms in total. The number of amides is 2. The van der Waals surface area contributed by atoms with Gasteiger partial charge in [0.05, 0.1) is 5.69 Å². The predicted molar refractivity (Wildman–Crippen MR) is 96.6 cm³/mol. The minimum Gasteiger partial charge on any atom is -0.334 e. The average molecular weight is 339 g/mol. The molecule has 0 radical (unpaired) electrons. The fourth-order valence-corrected chi connectivity index (χ4v) is 4.01.